The molecule has 1 aliphatic heterocycles. The van der Waals surface area contributed by atoms with E-state index in [1.54, 1.807) is 24.4 Å². The average molecular weight is 239 g/mol. The van der Waals surface area contributed by atoms with Crippen LogP contribution >= 0.6 is 0 Å². The van der Waals surface area contributed by atoms with Gasteiger partial charge in [-0.05, 0) is 17.7 Å². The fraction of sp³-hybridized carbons (Fsp3) is 0. The highest BCUT2D eigenvalue weighted by atomic mass is 16.6. The highest BCUT2D eigenvalue weighted by Gasteiger charge is 2.20. The normalized spacial score (nSPS) is 12.0. The number of carbonyl (C=O) groups is 1. The number of carboxylic acid groups (broad SMARTS) is 1. The summed E-state index contributed by atoms with van der Waals surface area (Å²) in [7, 11) is 0. The largest absolute Gasteiger partial charge is 0.478 e. The quantitative estimate of drug-likeness (QED) is 0.832. The number of benzene rings is 2. The molecule has 0 unspecified atom stereocenters. The van der Waals surface area contributed by atoms with Crippen LogP contribution in [0, 0.1) is 0 Å². The zero-order valence-corrected chi connectivity index (χ0v) is 9.33. The van der Waals surface area contributed by atoms with Crippen molar-refractivity contribution in [3.8, 4) is 16.9 Å². The van der Waals surface area contributed by atoms with Gasteiger partial charge in [0.1, 0.15) is 0 Å². The van der Waals surface area contributed by atoms with E-state index in [4.69, 9.17) is 4.84 Å². The van der Waals surface area contributed by atoms with Crippen LogP contribution in [0.2, 0.25) is 0 Å². The molecule has 1 aliphatic rings. The van der Waals surface area contributed by atoms with Gasteiger partial charge in [-0.25, -0.2) is 4.79 Å². The summed E-state index contributed by atoms with van der Waals surface area (Å²) in [5.41, 5.74) is 2.43. The zero-order valence-electron chi connectivity index (χ0n) is 9.33. The van der Waals surface area contributed by atoms with Crippen LogP contribution in [0.15, 0.2) is 47.6 Å². The molecule has 0 fully saturated rings. The number of nitrogens with zero attached hydrogens (tertiary/aromatic N) is 1. The predicted octanol–water partition coefficient (Wildman–Crippen LogP) is 2.78. The van der Waals surface area contributed by atoms with Crippen molar-refractivity contribution >= 4 is 12.2 Å². The van der Waals surface area contributed by atoms with Crippen LogP contribution in [-0.2, 0) is 0 Å². The third-order valence-electron chi connectivity index (χ3n) is 2.83. The van der Waals surface area contributed by atoms with Crippen molar-refractivity contribution in [1.82, 2.24) is 0 Å². The highest BCUT2D eigenvalue weighted by Crippen LogP contribution is 2.36. The molecule has 0 aromatic heterocycles. The molecule has 2 aromatic carbocycles. The van der Waals surface area contributed by atoms with E-state index in [0.717, 1.165) is 11.1 Å². The smallest absolute Gasteiger partial charge is 0.336 e. The number of fused-ring (bicyclic) bond motifs is 3. The number of carboxylic acids is 1. The summed E-state index contributed by atoms with van der Waals surface area (Å²) in [5, 5.41) is 13.1. The maximum Gasteiger partial charge on any atom is 0.336 e. The second-order valence-corrected chi connectivity index (χ2v) is 3.90. The molecule has 2 aromatic rings. The minimum Gasteiger partial charge on any atom is -0.478 e. The Morgan fingerprint density at radius 2 is 1.94 bits per heavy atom. The summed E-state index contributed by atoms with van der Waals surface area (Å²) in [6, 6.07) is 12.4. The van der Waals surface area contributed by atoms with Crippen LogP contribution in [0.3, 0.4) is 0 Å². The van der Waals surface area contributed by atoms with E-state index >= 15 is 0 Å². The van der Waals surface area contributed by atoms with Gasteiger partial charge in [0, 0.05) is 11.1 Å². The number of aromatic carboxylic acids is 1. The summed E-state index contributed by atoms with van der Waals surface area (Å²) in [6.45, 7) is 0. The summed E-state index contributed by atoms with van der Waals surface area (Å²) in [5.74, 6) is -0.525. The lowest BCUT2D eigenvalue weighted by atomic mass is 9.95. The van der Waals surface area contributed by atoms with E-state index in [-0.39, 0.29) is 5.56 Å². The Hall–Kier alpha value is -2.62. The summed E-state index contributed by atoms with van der Waals surface area (Å²) < 4.78 is 0. The molecule has 0 atom stereocenters. The van der Waals surface area contributed by atoms with Crippen molar-refractivity contribution in [3.63, 3.8) is 0 Å². The van der Waals surface area contributed by atoms with Gasteiger partial charge in [-0.15, -0.1) is 0 Å². The maximum absolute atomic E-state index is 11.3. The number of rotatable bonds is 1. The number of hydrogen-bond acceptors (Lipinski definition) is 3. The molecule has 1 N–H and O–H groups in total. The van der Waals surface area contributed by atoms with Gasteiger partial charge in [0.25, 0.3) is 0 Å². The third kappa shape index (κ3) is 1.55. The standard InChI is InChI=1S/C14H9NO3/c16-14(17)11-6-3-7-12-13(11)10-5-2-1-4-9(10)8-15-18-12/h1-8H,(H,16,17). The van der Waals surface area contributed by atoms with Crippen LogP contribution in [-0.4, -0.2) is 17.3 Å². The van der Waals surface area contributed by atoms with E-state index in [9.17, 15) is 9.90 Å². The number of hydrogen-bond donors (Lipinski definition) is 1. The van der Waals surface area contributed by atoms with E-state index in [2.05, 4.69) is 5.16 Å². The molecule has 0 amide bonds. The fourth-order valence-corrected chi connectivity index (χ4v) is 2.04. The molecule has 0 spiro atoms. The summed E-state index contributed by atoms with van der Waals surface area (Å²) >= 11 is 0. The second kappa shape index (κ2) is 4.00. The average Bonchev–Trinajstić information content (AvgIpc) is 2.57. The Morgan fingerprint density at radius 1 is 1.11 bits per heavy atom. The van der Waals surface area contributed by atoms with Gasteiger partial charge in [-0.1, -0.05) is 35.5 Å². The van der Waals surface area contributed by atoms with E-state index in [1.807, 2.05) is 24.3 Å². The van der Waals surface area contributed by atoms with Gasteiger partial charge < -0.3 is 9.94 Å². The highest BCUT2D eigenvalue weighted by molar-refractivity contribution is 6.02. The molecule has 0 saturated carbocycles. The Balaban J connectivity index is 2.37. The monoisotopic (exact) mass is 239 g/mol. The molecule has 4 nitrogen and oxygen atoms in total. The Labute approximate surface area is 103 Å². The molecule has 1 heterocycles. The van der Waals surface area contributed by atoms with Gasteiger partial charge in [0.05, 0.1) is 11.8 Å². The van der Waals surface area contributed by atoms with E-state index in [1.165, 1.54) is 0 Å². The van der Waals surface area contributed by atoms with Gasteiger partial charge in [-0.2, -0.15) is 0 Å². The molecular weight excluding hydrogens is 230 g/mol. The zero-order chi connectivity index (χ0) is 12.5. The van der Waals surface area contributed by atoms with Crippen molar-refractivity contribution < 1.29 is 14.7 Å². The molecule has 0 aliphatic carbocycles. The Bertz CT molecular complexity index is 662. The van der Waals surface area contributed by atoms with Crippen LogP contribution in [0.4, 0.5) is 0 Å². The lowest BCUT2D eigenvalue weighted by molar-refractivity contribution is 0.0697. The SMILES string of the molecule is O=C(O)c1cccc2c1-c1ccccc1C=NO2. The van der Waals surface area contributed by atoms with Crippen molar-refractivity contribution in [1.29, 1.82) is 0 Å². The lowest BCUT2D eigenvalue weighted by Gasteiger charge is -2.10. The second-order valence-electron chi connectivity index (χ2n) is 3.90. The minimum absolute atomic E-state index is 0.213. The molecule has 18 heavy (non-hydrogen) atoms. The third-order valence-corrected chi connectivity index (χ3v) is 2.83. The molecule has 0 radical (unpaired) electrons. The van der Waals surface area contributed by atoms with E-state index < -0.39 is 5.97 Å². The van der Waals surface area contributed by atoms with Crippen LogP contribution in [0.1, 0.15) is 15.9 Å². The molecule has 0 bridgehead atoms. The molecular formula is C14H9NO3. The van der Waals surface area contributed by atoms with Crippen LogP contribution in [0.25, 0.3) is 11.1 Å². The van der Waals surface area contributed by atoms with Crippen molar-refractivity contribution in [3.05, 3.63) is 53.6 Å². The topological polar surface area (TPSA) is 58.9 Å². The van der Waals surface area contributed by atoms with Crippen LogP contribution in [0.5, 0.6) is 5.75 Å². The Kier molecular flexibility index (Phi) is 2.34. The number of oxime groups is 1. The van der Waals surface area contributed by atoms with Gasteiger partial charge >= 0.3 is 5.97 Å². The first kappa shape index (κ1) is 10.5. The lowest BCUT2D eigenvalue weighted by Crippen LogP contribution is -2.01. The Morgan fingerprint density at radius 3 is 2.78 bits per heavy atom. The fourth-order valence-electron chi connectivity index (χ4n) is 2.04. The first-order chi connectivity index (χ1) is 8.77. The maximum atomic E-state index is 11.3. The predicted molar refractivity (Wildman–Crippen MR) is 67.1 cm³/mol. The summed E-state index contributed by atoms with van der Waals surface area (Å²) in [4.78, 5) is 16.5. The van der Waals surface area contributed by atoms with Crippen molar-refractivity contribution in [2.45, 2.75) is 0 Å². The van der Waals surface area contributed by atoms with Gasteiger partial charge in [0.15, 0.2) is 5.75 Å². The van der Waals surface area contributed by atoms with Crippen molar-refractivity contribution in [2.75, 3.05) is 0 Å². The first-order valence-electron chi connectivity index (χ1n) is 5.43. The summed E-state index contributed by atoms with van der Waals surface area (Å²) in [6.07, 6.45) is 1.58. The van der Waals surface area contributed by atoms with E-state index in [0.29, 0.717) is 11.3 Å². The molecule has 4 heteroatoms. The van der Waals surface area contributed by atoms with Gasteiger partial charge in [0.2, 0.25) is 0 Å². The molecule has 0 saturated heterocycles. The molecule has 88 valence electrons. The van der Waals surface area contributed by atoms with Crippen molar-refractivity contribution in [2.24, 2.45) is 5.16 Å². The van der Waals surface area contributed by atoms with Crippen LogP contribution < -0.4 is 4.84 Å². The van der Waals surface area contributed by atoms with Gasteiger partial charge in [-0.3, -0.25) is 0 Å². The minimum atomic E-state index is -0.979. The molecule has 3 rings (SSSR count). The first-order valence-corrected chi connectivity index (χ1v) is 5.43.